The normalized spacial score (nSPS) is 18.8. The zero-order chi connectivity index (χ0) is 16.5. The van der Waals surface area contributed by atoms with E-state index in [1.165, 1.54) is 12.8 Å². The van der Waals surface area contributed by atoms with Crippen molar-refractivity contribution in [3.05, 3.63) is 46.5 Å². The fourth-order valence-corrected chi connectivity index (χ4v) is 3.35. The van der Waals surface area contributed by atoms with Crippen molar-refractivity contribution in [2.45, 2.75) is 45.1 Å². The maximum absolute atomic E-state index is 12.3. The molecule has 0 spiro atoms. The predicted molar refractivity (Wildman–Crippen MR) is 92.2 cm³/mol. The van der Waals surface area contributed by atoms with Crippen LogP contribution in [-0.2, 0) is 6.54 Å². The van der Waals surface area contributed by atoms with Crippen LogP contribution >= 0.6 is 0 Å². The first-order valence-corrected chi connectivity index (χ1v) is 8.79. The van der Waals surface area contributed by atoms with E-state index in [0.29, 0.717) is 11.8 Å². The molecule has 2 aromatic heterocycles. The van der Waals surface area contributed by atoms with Crippen molar-refractivity contribution in [1.29, 1.82) is 0 Å². The second-order valence-electron chi connectivity index (χ2n) is 7.03. The van der Waals surface area contributed by atoms with Gasteiger partial charge in [0.25, 0.3) is 5.56 Å². The number of hydrogen-bond donors (Lipinski definition) is 0. The summed E-state index contributed by atoms with van der Waals surface area (Å²) in [6.45, 7) is 4.64. The molecular weight excluding hydrogens is 302 g/mol. The molecular formula is C18H23N5O. The number of hydrogen-bond acceptors (Lipinski definition) is 5. The summed E-state index contributed by atoms with van der Waals surface area (Å²) >= 11 is 0. The van der Waals surface area contributed by atoms with Gasteiger partial charge in [-0.2, -0.15) is 0 Å². The van der Waals surface area contributed by atoms with Gasteiger partial charge in [0.2, 0.25) is 0 Å². The summed E-state index contributed by atoms with van der Waals surface area (Å²) in [7, 11) is 0. The minimum absolute atomic E-state index is 0.0960. The van der Waals surface area contributed by atoms with Crippen LogP contribution in [0.4, 0.5) is 5.82 Å². The summed E-state index contributed by atoms with van der Waals surface area (Å²) in [5.41, 5.74) is 2.01. The lowest BCUT2D eigenvalue weighted by Gasteiger charge is -2.32. The lowest BCUT2D eigenvalue weighted by atomic mass is 9.96. The molecule has 6 nitrogen and oxygen atoms in total. The molecule has 6 heteroatoms. The predicted octanol–water partition coefficient (Wildman–Crippen LogP) is 2.14. The van der Waals surface area contributed by atoms with Crippen molar-refractivity contribution in [2.24, 2.45) is 5.92 Å². The smallest absolute Gasteiger partial charge is 0.253 e. The average molecular weight is 325 g/mol. The minimum Gasteiger partial charge on any atom is -0.355 e. The third kappa shape index (κ3) is 3.32. The summed E-state index contributed by atoms with van der Waals surface area (Å²) in [5.74, 6) is 2.00. The third-order valence-corrected chi connectivity index (χ3v) is 5.06. The van der Waals surface area contributed by atoms with Crippen LogP contribution in [0.5, 0.6) is 0 Å². The van der Waals surface area contributed by atoms with Crippen molar-refractivity contribution < 1.29 is 0 Å². The van der Waals surface area contributed by atoms with E-state index in [9.17, 15) is 4.79 Å². The molecule has 0 bridgehead atoms. The molecule has 4 rings (SSSR count). The number of anilines is 1. The zero-order valence-corrected chi connectivity index (χ0v) is 14.1. The van der Waals surface area contributed by atoms with Crippen molar-refractivity contribution in [3.8, 4) is 0 Å². The highest BCUT2D eigenvalue weighted by Crippen LogP contribution is 2.38. The molecule has 1 saturated heterocycles. The monoisotopic (exact) mass is 325 g/mol. The molecule has 2 fully saturated rings. The number of nitrogens with zero attached hydrogens (tertiary/aromatic N) is 5. The van der Waals surface area contributed by atoms with Crippen LogP contribution in [0.1, 0.15) is 43.0 Å². The second kappa shape index (κ2) is 6.34. The lowest BCUT2D eigenvalue weighted by Crippen LogP contribution is -2.36. The average Bonchev–Trinajstić information content (AvgIpc) is 3.43. The third-order valence-electron chi connectivity index (χ3n) is 5.06. The highest BCUT2D eigenvalue weighted by molar-refractivity contribution is 5.36. The molecule has 0 aromatic carbocycles. The van der Waals surface area contributed by atoms with Gasteiger partial charge < -0.3 is 4.90 Å². The quantitative estimate of drug-likeness (QED) is 0.862. The summed E-state index contributed by atoms with van der Waals surface area (Å²) < 4.78 is 1.78. The largest absolute Gasteiger partial charge is 0.355 e. The molecule has 2 aromatic rings. The summed E-state index contributed by atoms with van der Waals surface area (Å²) in [6.07, 6.45) is 9.88. The number of aryl methyl sites for hydroxylation is 1. The highest BCUT2D eigenvalue weighted by atomic mass is 16.1. The SMILES string of the molecule is Cc1cnc(N2CCC(Cn3cnc(C4CC4)cc3=O)CC2)cn1. The van der Waals surface area contributed by atoms with Gasteiger partial charge in [-0.15, -0.1) is 0 Å². The van der Waals surface area contributed by atoms with Gasteiger partial charge in [0.05, 0.1) is 30.1 Å². The van der Waals surface area contributed by atoms with Crippen LogP contribution in [0.2, 0.25) is 0 Å². The minimum atomic E-state index is 0.0960. The topological polar surface area (TPSA) is 63.9 Å². The Kier molecular flexibility index (Phi) is 4.04. The van der Waals surface area contributed by atoms with Crippen molar-refractivity contribution in [3.63, 3.8) is 0 Å². The van der Waals surface area contributed by atoms with Crippen LogP contribution in [0.15, 0.2) is 29.6 Å². The van der Waals surface area contributed by atoms with E-state index in [1.54, 1.807) is 17.0 Å². The molecule has 24 heavy (non-hydrogen) atoms. The van der Waals surface area contributed by atoms with E-state index in [1.807, 2.05) is 19.3 Å². The Labute approximate surface area is 141 Å². The molecule has 2 aliphatic rings. The zero-order valence-electron chi connectivity index (χ0n) is 14.1. The first-order valence-electron chi connectivity index (χ1n) is 8.79. The van der Waals surface area contributed by atoms with Gasteiger partial charge in [-0.25, -0.2) is 9.97 Å². The van der Waals surface area contributed by atoms with Gasteiger partial charge in [0, 0.05) is 31.6 Å². The molecule has 0 amide bonds. The number of aromatic nitrogens is 4. The van der Waals surface area contributed by atoms with Crippen LogP contribution in [-0.4, -0.2) is 32.6 Å². The maximum atomic E-state index is 12.3. The Hall–Kier alpha value is -2.24. The Bertz CT molecular complexity index is 758. The molecule has 3 heterocycles. The van der Waals surface area contributed by atoms with Crippen molar-refractivity contribution in [2.75, 3.05) is 18.0 Å². The Morgan fingerprint density at radius 2 is 1.88 bits per heavy atom. The van der Waals surface area contributed by atoms with Gasteiger partial charge in [0.15, 0.2) is 0 Å². The van der Waals surface area contributed by atoms with E-state index in [4.69, 9.17) is 0 Å². The maximum Gasteiger partial charge on any atom is 0.253 e. The summed E-state index contributed by atoms with van der Waals surface area (Å²) in [5, 5.41) is 0. The van der Waals surface area contributed by atoms with Gasteiger partial charge >= 0.3 is 0 Å². The van der Waals surface area contributed by atoms with Crippen molar-refractivity contribution in [1.82, 2.24) is 19.5 Å². The standard InChI is InChI=1S/C18H23N5O/c1-13-9-20-17(10-19-13)22-6-4-14(5-7-22)11-23-12-21-16(8-18(23)24)15-2-3-15/h8-10,12,14-15H,2-7,11H2,1H3. The first-order chi connectivity index (χ1) is 11.7. The van der Waals surface area contributed by atoms with E-state index < -0.39 is 0 Å². The van der Waals surface area contributed by atoms with Gasteiger partial charge in [-0.05, 0) is 38.5 Å². The second-order valence-corrected chi connectivity index (χ2v) is 7.03. The fourth-order valence-electron chi connectivity index (χ4n) is 3.35. The van der Waals surface area contributed by atoms with Crippen LogP contribution in [0.3, 0.4) is 0 Å². The van der Waals surface area contributed by atoms with Crippen LogP contribution in [0.25, 0.3) is 0 Å². The van der Waals surface area contributed by atoms with E-state index in [2.05, 4.69) is 19.9 Å². The van der Waals surface area contributed by atoms with Crippen LogP contribution < -0.4 is 10.5 Å². The van der Waals surface area contributed by atoms with E-state index in [-0.39, 0.29) is 5.56 Å². The Balaban J connectivity index is 1.36. The van der Waals surface area contributed by atoms with E-state index >= 15 is 0 Å². The summed E-state index contributed by atoms with van der Waals surface area (Å²) in [4.78, 5) is 27.8. The number of piperidine rings is 1. The molecule has 1 aliphatic heterocycles. The molecule has 1 saturated carbocycles. The highest BCUT2D eigenvalue weighted by Gasteiger charge is 2.26. The molecule has 0 N–H and O–H groups in total. The molecule has 0 unspecified atom stereocenters. The van der Waals surface area contributed by atoms with Gasteiger partial charge in [-0.1, -0.05) is 0 Å². The fraction of sp³-hybridized carbons (Fsp3) is 0.556. The lowest BCUT2D eigenvalue weighted by molar-refractivity contribution is 0.349. The first kappa shape index (κ1) is 15.3. The molecule has 0 atom stereocenters. The van der Waals surface area contributed by atoms with Gasteiger partial charge in [0.1, 0.15) is 5.82 Å². The molecule has 0 radical (unpaired) electrons. The van der Waals surface area contributed by atoms with E-state index in [0.717, 1.165) is 49.7 Å². The van der Waals surface area contributed by atoms with Gasteiger partial charge in [-0.3, -0.25) is 14.3 Å². The summed E-state index contributed by atoms with van der Waals surface area (Å²) in [6, 6.07) is 1.73. The van der Waals surface area contributed by atoms with Crippen molar-refractivity contribution >= 4 is 5.82 Å². The molecule has 126 valence electrons. The Morgan fingerprint density at radius 3 is 2.50 bits per heavy atom. The van der Waals surface area contributed by atoms with Crippen LogP contribution in [0, 0.1) is 12.8 Å². The molecule has 1 aliphatic carbocycles. The number of rotatable bonds is 4. The Morgan fingerprint density at radius 1 is 1.08 bits per heavy atom.